The summed E-state index contributed by atoms with van der Waals surface area (Å²) in [7, 11) is 0. The summed E-state index contributed by atoms with van der Waals surface area (Å²) in [6.07, 6.45) is 11.8. The highest BCUT2D eigenvalue weighted by atomic mass is 14.0. The van der Waals surface area contributed by atoms with Crippen molar-refractivity contribution in [1.29, 1.82) is 0 Å². The smallest absolute Gasteiger partial charge is 0.0242 e. The van der Waals surface area contributed by atoms with Gasteiger partial charge in [-0.25, -0.2) is 0 Å². The van der Waals surface area contributed by atoms with Gasteiger partial charge in [0.15, 0.2) is 0 Å². The minimum atomic E-state index is 0.974. The van der Waals surface area contributed by atoms with Gasteiger partial charge in [0.1, 0.15) is 0 Å². The van der Waals surface area contributed by atoms with Crippen LogP contribution in [-0.4, -0.2) is 0 Å². The van der Waals surface area contributed by atoms with E-state index in [0.29, 0.717) is 0 Å². The topological polar surface area (TPSA) is 0 Å². The van der Waals surface area contributed by atoms with Gasteiger partial charge in [-0.1, -0.05) is 44.2 Å². The van der Waals surface area contributed by atoms with E-state index < -0.39 is 0 Å². The lowest BCUT2D eigenvalue weighted by Gasteiger charge is -2.00. The first-order valence-corrected chi connectivity index (χ1v) is 5.42. The van der Waals surface area contributed by atoms with Crippen LogP contribution >= 0.6 is 0 Å². The normalized spacial score (nSPS) is 9.71. The SMILES string of the molecule is C#Cc1ccc(CCCCCC)cc1. The molecule has 0 fully saturated rings. The molecule has 0 saturated heterocycles. The van der Waals surface area contributed by atoms with Crippen LogP contribution in [0, 0.1) is 12.3 Å². The second-order valence-electron chi connectivity index (χ2n) is 3.65. The standard InChI is InChI=1S/C14H18/c1-3-5-6-7-8-14-11-9-13(4-2)10-12-14/h2,9-12H,3,5-8H2,1H3. The Morgan fingerprint density at radius 3 is 2.36 bits per heavy atom. The molecular formula is C14H18. The molecule has 0 bridgehead atoms. The monoisotopic (exact) mass is 186 g/mol. The van der Waals surface area contributed by atoms with Crippen LogP contribution in [0.4, 0.5) is 0 Å². The molecule has 0 spiro atoms. The Hall–Kier alpha value is -1.22. The third-order valence-corrected chi connectivity index (χ3v) is 2.44. The molecular weight excluding hydrogens is 168 g/mol. The van der Waals surface area contributed by atoms with E-state index in [1.807, 2.05) is 12.1 Å². The molecule has 0 radical (unpaired) electrons. The van der Waals surface area contributed by atoms with E-state index >= 15 is 0 Å². The molecule has 0 aliphatic carbocycles. The number of hydrogen-bond acceptors (Lipinski definition) is 0. The summed E-state index contributed by atoms with van der Waals surface area (Å²) >= 11 is 0. The maximum atomic E-state index is 5.29. The Kier molecular flexibility index (Phi) is 4.86. The lowest BCUT2D eigenvalue weighted by molar-refractivity contribution is 0.667. The second-order valence-corrected chi connectivity index (χ2v) is 3.65. The van der Waals surface area contributed by atoms with Crippen molar-refractivity contribution in [2.45, 2.75) is 39.0 Å². The molecule has 0 unspecified atom stereocenters. The van der Waals surface area contributed by atoms with Crippen LogP contribution in [0.25, 0.3) is 0 Å². The fourth-order valence-corrected chi connectivity index (χ4v) is 1.52. The van der Waals surface area contributed by atoms with Gasteiger partial charge in [0, 0.05) is 5.56 Å². The zero-order valence-electron chi connectivity index (χ0n) is 8.92. The van der Waals surface area contributed by atoms with Crippen LogP contribution < -0.4 is 0 Å². The van der Waals surface area contributed by atoms with Crippen LogP contribution in [0.15, 0.2) is 24.3 Å². The number of hydrogen-bond donors (Lipinski definition) is 0. The van der Waals surface area contributed by atoms with Gasteiger partial charge >= 0.3 is 0 Å². The Bertz CT molecular complexity index is 287. The summed E-state index contributed by atoms with van der Waals surface area (Å²) in [5, 5.41) is 0. The van der Waals surface area contributed by atoms with E-state index in [2.05, 4.69) is 25.0 Å². The summed E-state index contributed by atoms with van der Waals surface area (Å²) in [5.74, 6) is 2.63. The van der Waals surface area contributed by atoms with Crippen LogP contribution in [-0.2, 0) is 6.42 Å². The molecule has 0 heterocycles. The van der Waals surface area contributed by atoms with Crippen LogP contribution in [0.2, 0.25) is 0 Å². The molecule has 1 rings (SSSR count). The lowest BCUT2D eigenvalue weighted by atomic mass is 10.0. The Morgan fingerprint density at radius 1 is 1.07 bits per heavy atom. The zero-order valence-corrected chi connectivity index (χ0v) is 8.92. The van der Waals surface area contributed by atoms with Gasteiger partial charge in [-0.3, -0.25) is 0 Å². The van der Waals surface area contributed by atoms with Crippen molar-refractivity contribution >= 4 is 0 Å². The van der Waals surface area contributed by atoms with Crippen LogP contribution in [0.5, 0.6) is 0 Å². The van der Waals surface area contributed by atoms with Crippen LogP contribution in [0.1, 0.15) is 43.7 Å². The average molecular weight is 186 g/mol. The van der Waals surface area contributed by atoms with Crippen molar-refractivity contribution in [3.63, 3.8) is 0 Å². The maximum Gasteiger partial charge on any atom is 0.0242 e. The van der Waals surface area contributed by atoms with E-state index in [4.69, 9.17) is 6.42 Å². The highest BCUT2D eigenvalue weighted by molar-refractivity contribution is 5.34. The summed E-state index contributed by atoms with van der Waals surface area (Å²) in [6, 6.07) is 8.33. The minimum Gasteiger partial charge on any atom is -0.115 e. The van der Waals surface area contributed by atoms with Crippen molar-refractivity contribution in [3.05, 3.63) is 35.4 Å². The predicted molar refractivity (Wildman–Crippen MR) is 62.2 cm³/mol. The van der Waals surface area contributed by atoms with Crippen molar-refractivity contribution in [3.8, 4) is 12.3 Å². The highest BCUT2D eigenvalue weighted by Crippen LogP contribution is 2.08. The molecule has 0 heteroatoms. The molecule has 14 heavy (non-hydrogen) atoms. The first-order valence-electron chi connectivity index (χ1n) is 5.42. The summed E-state index contributed by atoms with van der Waals surface area (Å²) in [5.41, 5.74) is 2.38. The van der Waals surface area contributed by atoms with E-state index in [1.165, 1.54) is 37.7 Å². The molecule has 0 N–H and O–H groups in total. The first kappa shape index (κ1) is 10.9. The van der Waals surface area contributed by atoms with Gasteiger partial charge in [0.25, 0.3) is 0 Å². The second kappa shape index (κ2) is 6.27. The number of rotatable bonds is 5. The van der Waals surface area contributed by atoms with Crippen molar-refractivity contribution in [2.75, 3.05) is 0 Å². The Labute approximate surface area is 87.4 Å². The quantitative estimate of drug-likeness (QED) is 0.485. The molecule has 0 aromatic heterocycles. The van der Waals surface area contributed by atoms with Crippen LogP contribution in [0.3, 0.4) is 0 Å². The van der Waals surface area contributed by atoms with E-state index in [0.717, 1.165) is 5.56 Å². The molecule has 0 aliphatic heterocycles. The van der Waals surface area contributed by atoms with Crippen molar-refractivity contribution in [2.24, 2.45) is 0 Å². The third-order valence-electron chi connectivity index (χ3n) is 2.44. The summed E-state index contributed by atoms with van der Waals surface area (Å²) in [4.78, 5) is 0. The molecule has 0 aliphatic rings. The predicted octanol–water partition coefficient (Wildman–Crippen LogP) is 3.79. The van der Waals surface area contributed by atoms with E-state index in [9.17, 15) is 0 Å². The van der Waals surface area contributed by atoms with Crippen molar-refractivity contribution < 1.29 is 0 Å². The van der Waals surface area contributed by atoms with Gasteiger partial charge in [-0.15, -0.1) is 6.42 Å². The molecule has 0 nitrogen and oxygen atoms in total. The molecule has 0 atom stereocenters. The fraction of sp³-hybridized carbons (Fsp3) is 0.429. The largest absolute Gasteiger partial charge is 0.115 e. The zero-order chi connectivity index (χ0) is 10.2. The van der Waals surface area contributed by atoms with Gasteiger partial charge in [0.2, 0.25) is 0 Å². The third kappa shape index (κ3) is 3.66. The number of aryl methyl sites for hydroxylation is 1. The first-order chi connectivity index (χ1) is 6.86. The van der Waals surface area contributed by atoms with Gasteiger partial charge in [0.05, 0.1) is 0 Å². The number of unbranched alkanes of at least 4 members (excludes halogenated alkanes) is 3. The van der Waals surface area contributed by atoms with Gasteiger partial charge in [-0.05, 0) is 30.5 Å². The number of terminal acetylenes is 1. The summed E-state index contributed by atoms with van der Waals surface area (Å²) in [6.45, 7) is 2.24. The molecule has 1 aromatic rings. The Balaban J connectivity index is 2.33. The van der Waals surface area contributed by atoms with E-state index in [-0.39, 0.29) is 0 Å². The van der Waals surface area contributed by atoms with E-state index in [1.54, 1.807) is 0 Å². The molecule has 0 amide bonds. The highest BCUT2D eigenvalue weighted by Gasteiger charge is 1.93. The fourth-order valence-electron chi connectivity index (χ4n) is 1.52. The molecule has 0 saturated carbocycles. The van der Waals surface area contributed by atoms with Gasteiger partial charge < -0.3 is 0 Å². The summed E-state index contributed by atoms with van der Waals surface area (Å²) < 4.78 is 0. The minimum absolute atomic E-state index is 0.974. The molecule has 74 valence electrons. The Morgan fingerprint density at radius 2 is 1.79 bits per heavy atom. The number of benzene rings is 1. The lowest BCUT2D eigenvalue weighted by Crippen LogP contribution is -1.85. The van der Waals surface area contributed by atoms with Crippen molar-refractivity contribution in [1.82, 2.24) is 0 Å². The van der Waals surface area contributed by atoms with Gasteiger partial charge in [-0.2, -0.15) is 0 Å². The molecule has 1 aromatic carbocycles. The maximum absolute atomic E-state index is 5.29. The average Bonchev–Trinajstić information content (AvgIpc) is 2.25.